The molecule has 4 rings (SSSR count). The van der Waals surface area contributed by atoms with Crippen LogP contribution in [0.25, 0.3) is 0 Å². The summed E-state index contributed by atoms with van der Waals surface area (Å²) >= 11 is 1.28. The van der Waals surface area contributed by atoms with Gasteiger partial charge in [-0.15, -0.1) is 0 Å². The van der Waals surface area contributed by atoms with Crippen molar-refractivity contribution in [2.24, 2.45) is 9.98 Å². The summed E-state index contributed by atoms with van der Waals surface area (Å²) in [4.78, 5) is 19.3. The standard InChI is InChI=1S/C18H14N4O5S.K.H/c1-26-12-3-5-13(6-4-12)27-16-7-2-11(8-15(16)22(24)25)17-20-14-9-19-10-21(23)18(14)28-17;;/h2-10,18,23H,1H3;;. The number of hydroxylamine groups is 2. The Morgan fingerprint density at radius 1 is 1.21 bits per heavy atom. The summed E-state index contributed by atoms with van der Waals surface area (Å²) in [7, 11) is 1.55. The molecule has 0 aliphatic carbocycles. The van der Waals surface area contributed by atoms with Crippen molar-refractivity contribution in [3.8, 4) is 17.2 Å². The Bertz CT molecular complexity index is 1030. The van der Waals surface area contributed by atoms with Crippen LogP contribution in [0.5, 0.6) is 17.2 Å². The molecule has 1 unspecified atom stereocenters. The number of hydrogen-bond donors (Lipinski definition) is 1. The van der Waals surface area contributed by atoms with Gasteiger partial charge in [0.15, 0.2) is 5.37 Å². The number of hydrogen-bond acceptors (Lipinski definition) is 9. The van der Waals surface area contributed by atoms with Crippen molar-refractivity contribution in [2.75, 3.05) is 7.11 Å². The molecule has 2 aromatic carbocycles. The van der Waals surface area contributed by atoms with E-state index in [1.165, 1.54) is 30.2 Å². The summed E-state index contributed by atoms with van der Waals surface area (Å²) in [5.74, 6) is 1.23. The van der Waals surface area contributed by atoms with Gasteiger partial charge in [0, 0.05) is 11.6 Å². The molecule has 2 aliphatic rings. The zero-order valence-electron chi connectivity index (χ0n) is 14.6. The zero-order chi connectivity index (χ0) is 19.7. The number of ether oxygens (including phenoxy) is 2. The maximum absolute atomic E-state index is 11.6. The van der Waals surface area contributed by atoms with Crippen LogP contribution in [0.3, 0.4) is 0 Å². The Labute approximate surface area is 212 Å². The Kier molecular flexibility index (Phi) is 7.11. The van der Waals surface area contributed by atoms with Gasteiger partial charge in [-0.05, 0) is 36.4 Å². The average Bonchev–Trinajstić information content (AvgIpc) is 3.14. The van der Waals surface area contributed by atoms with Crippen molar-refractivity contribution in [1.29, 1.82) is 0 Å². The average molecular weight is 439 g/mol. The minimum absolute atomic E-state index is 0. The van der Waals surface area contributed by atoms with E-state index < -0.39 is 10.3 Å². The van der Waals surface area contributed by atoms with Crippen LogP contribution in [-0.2, 0) is 0 Å². The van der Waals surface area contributed by atoms with Gasteiger partial charge >= 0.3 is 57.1 Å². The van der Waals surface area contributed by atoms with Crippen LogP contribution in [0.2, 0.25) is 0 Å². The van der Waals surface area contributed by atoms with Gasteiger partial charge in [0.25, 0.3) is 0 Å². The molecule has 11 heteroatoms. The first kappa shape index (κ1) is 22.0. The van der Waals surface area contributed by atoms with Crippen molar-refractivity contribution >= 4 is 80.2 Å². The predicted molar refractivity (Wildman–Crippen MR) is 111 cm³/mol. The van der Waals surface area contributed by atoms with E-state index in [4.69, 9.17) is 9.47 Å². The number of nitro groups is 1. The van der Waals surface area contributed by atoms with E-state index in [0.717, 1.165) is 5.06 Å². The van der Waals surface area contributed by atoms with Crippen LogP contribution >= 0.6 is 11.8 Å². The molecule has 2 aliphatic heterocycles. The molecule has 1 atom stereocenters. The first-order valence-electron chi connectivity index (χ1n) is 8.12. The normalized spacial score (nSPS) is 17.0. The van der Waals surface area contributed by atoms with Crippen molar-refractivity contribution in [2.45, 2.75) is 5.37 Å². The van der Waals surface area contributed by atoms with E-state index in [0.29, 0.717) is 27.8 Å². The van der Waals surface area contributed by atoms with Crippen molar-refractivity contribution < 1.29 is 19.6 Å². The molecule has 0 fully saturated rings. The molecule has 0 spiro atoms. The topological polar surface area (TPSA) is 110 Å². The molecule has 0 saturated carbocycles. The maximum atomic E-state index is 11.6. The van der Waals surface area contributed by atoms with Gasteiger partial charge in [-0.2, -0.15) is 0 Å². The van der Waals surface area contributed by atoms with Crippen LogP contribution in [0.4, 0.5) is 5.69 Å². The Morgan fingerprint density at radius 3 is 2.59 bits per heavy atom. The van der Waals surface area contributed by atoms with Gasteiger partial charge in [0.05, 0.1) is 23.9 Å². The second-order valence-electron chi connectivity index (χ2n) is 5.80. The Morgan fingerprint density at radius 2 is 1.93 bits per heavy atom. The molecule has 1 N–H and O–H groups in total. The number of nitro benzene ring substituents is 1. The first-order valence-corrected chi connectivity index (χ1v) is 9.00. The van der Waals surface area contributed by atoms with Crippen molar-refractivity contribution in [1.82, 2.24) is 5.06 Å². The number of nitrogens with zero attached hydrogens (tertiary/aromatic N) is 4. The fourth-order valence-corrected chi connectivity index (χ4v) is 3.70. The van der Waals surface area contributed by atoms with Gasteiger partial charge in [-0.1, -0.05) is 11.8 Å². The molecular formula is C18H15KN4O5S. The van der Waals surface area contributed by atoms with Crippen LogP contribution in [0.1, 0.15) is 5.56 Å². The molecule has 0 amide bonds. The molecule has 29 heavy (non-hydrogen) atoms. The summed E-state index contributed by atoms with van der Waals surface area (Å²) in [6, 6.07) is 11.4. The van der Waals surface area contributed by atoms with Gasteiger partial charge < -0.3 is 9.47 Å². The quantitative estimate of drug-likeness (QED) is 0.434. The van der Waals surface area contributed by atoms with E-state index in [9.17, 15) is 15.3 Å². The van der Waals surface area contributed by atoms with E-state index in [1.807, 2.05) is 0 Å². The molecule has 9 nitrogen and oxygen atoms in total. The third kappa shape index (κ3) is 4.72. The summed E-state index contributed by atoms with van der Waals surface area (Å²) in [6.45, 7) is 0. The van der Waals surface area contributed by atoms with Gasteiger partial charge in [0.1, 0.15) is 22.9 Å². The monoisotopic (exact) mass is 438 g/mol. The molecule has 0 radical (unpaired) electrons. The van der Waals surface area contributed by atoms with Gasteiger partial charge in [-0.25, -0.2) is 15.0 Å². The minimum atomic E-state index is -0.504. The van der Waals surface area contributed by atoms with Gasteiger partial charge in [-0.3, -0.25) is 15.3 Å². The van der Waals surface area contributed by atoms with Gasteiger partial charge in [0.2, 0.25) is 5.75 Å². The number of thioether (sulfide) groups is 1. The van der Waals surface area contributed by atoms with Crippen LogP contribution in [0.15, 0.2) is 64.3 Å². The van der Waals surface area contributed by atoms with E-state index in [1.54, 1.807) is 43.6 Å². The third-order valence-electron chi connectivity index (χ3n) is 4.03. The number of methoxy groups -OCH3 is 1. The number of benzene rings is 2. The Balaban J connectivity index is 0.00000240. The Hall–Kier alpha value is -1.73. The predicted octanol–water partition coefficient (Wildman–Crippen LogP) is 3.14. The van der Waals surface area contributed by atoms with Crippen molar-refractivity contribution in [3.05, 3.63) is 70.0 Å². The molecular weight excluding hydrogens is 423 g/mol. The summed E-state index contributed by atoms with van der Waals surface area (Å²) in [5.41, 5.74) is 0.950. The number of fused-ring (bicyclic) bond motifs is 1. The number of rotatable bonds is 5. The fraction of sp³-hybridized carbons (Fsp3) is 0.111. The van der Waals surface area contributed by atoms with E-state index in [2.05, 4.69) is 9.98 Å². The zero-order valence-corrected chi connectivity index (χ0v) is 15.4. The van der Waals surface area contributed by atoms with Crippen LogP contribution < -0.4 is 9.47 Å². The molecule has 0 saturated heterocycles. The summed E-state index contributed by atoms with van der Waals surface area (Å²) in [6.07, 6.45) is 2.83. The second kappa shape index (κ2) is 9.39. The first-order chi connectivity index (χ1) is 13.5. The molecule has 0 bridgehead atoms. The third-order valence-corrected chi connectivity index (χ3v) is 5.26. The number of aliphatic imine (C=N–C) groups is 2. The van der Waals surface area contributed by atoms with Crippen LogP contribution in [-0.4, -0.2) is 90.4 Å². The second-order valence-corrected chi connectivity index (χ2v) is 6.87. The summed E-state index contributed by atoms with van der Waals surface area (Å²) in [5, 5.41) is 22.5. The molecule has 0 aromatic heterocycles. The molecule has 2 aromatic rings. The molecule has 144 valence electrons. The SMILES string of the molecule is COc1ccc(Oc2ccc(C3=NC4=CN=CN(O)C4S3)cc2[N+](=O)[O-])cc1.[KH]. The summed E-state index contributed by atoms with van der Waals surface area (Å²) < 4.78 is 10.8. The van der Waals surface area contributed by atoms with Crippen molar-refractivity contribution in [3.63, 3.8) is 0 Å². The fourth-order valence-electron chi connectivity index (χ4n) is 2.67. The molecule has 2 heterocycles. The van der Waals surface area contributed by atoms with E-state index >= 15 is 0 Å². The van der Waals surface area contributed by atoms with Crippen LogP contribution in [0, 0.1) is 10.1 Å². The van der Waals surface area contributed by atoms with E-state index in [-0.39, 0.29) is 62.8 Å².